The summed E-state index contributed by atoms with van der Waals surface area (Å²) in [6, 6.07) is 9.02. The first kappa shape index (κ1) is 18.1. The third kappa shape index (κ3) is 4.70. The lowest BCUT2D eigenvalue weighted by Crippen LogP contribution is -2.34. The van der Waals surface area contributed by atoms with Crippen molar-refractivity contribution in [1.29, 1.82) is 0 Å². The molecule has 7 heteroatoms. The van der Waals surface area contributed by atoms with Gasteiger partial charge in [-0.1, -0.05) is 12.1 Å². The van der Waals surface area contributed by atoms with E-state index in [-0.39, 0.29) is 23.9 Å². The summed E-state index contributed by atoms with van der Waals surface area (Å²) in [5.41, 5.74) is 2.89. The average molecular weight is 358 g/mol. The molecular formula is C19H20F2N4O. The molecule has 0 radical (unpaired) electrons. The van der Waals surface area contributed by atoms with Gasteiger partial charge in [0.1, 0.15) is 17.3 Å². The molecule has 0 saturated carbocycles. The molecule has 0 unspecified atom stereocenters. The number of rotatable bonds is 5. The minimum absolute atomic E-state index is 0.113. The Labute approximate surface area is 150 Å². The summed E-state index contributed by atoms with van der Waals surface area (Å²) in [5.74, 6) is -1.15. The lowest BCUT2D eigenvalue weighted by Gasteiger charge is -2.30. The first-order valence-corrected chi connectivity index (χ1v) is 8.53. The first-order chi connectivity index (χ1) is 12.6. The molecule has 136 valence electrons. The van der Waals surface area contributed by atoms with Crippen LogP contribution >= 0.6 is 0 Å². The van der Waals surface area contributed by atoms with E-state index in [1.54, 1.807) is 30.6 Å². The molecule has 1 fully saturated rings. The van der Waals surface area contributed by atoms with Crippen LogP contribution in [0.3, 0.4) is 0 Å². The zero-order valence-electron chi connectivity index (χ0n) is 14.2. The Kier molecular flexibility index (Phi) is 6.01. The number of carbonyl (C=O) groups is 1. The second-order valence-electron chi connectivity index (χ2n) is 6.25. The molecule has 2 aromatic rings. The van der Waals surface area contributed by atoms with Crippen molar-refractivity contribution in [3.63, 3.8) is 0 Å². The van der Waals surface area contributed by atoms with Gasteiger partial charge in [0.2, 0.25) is 0 Å². The summed E-state index contributed by atoms with van der Waals surface area (Å²) in [4.78, 5) is 17.8. The van der Waals surface area contributed by atoms with E-state index in [0.717, 1.165) is 25.9 Å². The number of pyridine rings is 1. The van der Waals surface area contributed by atoms with Crippen LogP contribution in [0.15, 0.2) is 47.7 Å². The van der Waals surface area contributed by atoms with Crippen LogP contribution in [0.5, 0.6) is 0 Å². The second kappa shape index (κ2) is 8.62. The van der Waals surface area contributed by atoms with Crippen LogP contribution in [0.4, 0.5) is 8.78 Å². The molecule has 1 aromatic carbocycles. The van der Waals surface area contributed by atoms with Gasteiger partial charge >= 0.3 is 0 Å². The van der Waals surface area contributed by atoms with Crippen LogP contribution in [0.2, 0.25) is 0 Å². The highest BCUT2D eigenvalue weighted by atomic mass is 19.1. The highest BCUT2D eigenvalue weighted by Crippen LogP contribution is 2.20. The van der Waals surface area contributed by atoms with Crippen LogP contribution in [0.1, 0.15) is 28.9 Å². The number of hydrogen-bond acceptors (Lipinski definition) is 4. The van der Waals surface area contributed by atoms with Gasteiger partial charge in [-0.2, -0.15) is 5.10 Å². The van der Waals surface area contributed by atoms with E-state index >= 15 is 0 Å². The first-order valence-electron chi connectivity index (χ1n) is 8.53. The maximum Gasteiger partial charge on any atom is 0.289 e. The van der Waals surface area contributed by atoms with Gasteiger partial charge in [-0.3, -0.25) is 14.7 Å². The minimum Gasteiger partial charge on any atom is -0.299 e. The molecule has 26 heavy (non-hydrogen) atoms. The van der Waals surface area contributed by atoms with Gasteiger partial charge in [-0.05, 0) is 56.1 Å². The summed E-state index contributed by atoms with van der Waals surface area (Å²) in [7, 11) is 0. The summed E-state index contributed by atoms with van der Waals surface area (Å²) in [6.07, 6.45) is 4.91. The third-order valence-electron chi connectivity index (χ3n) is 4.42. The van der Waals surface area contributed by atoms with Crippen molar-refractivity contribution in [2.24, 2.45) is 11.0 Å². The average Bonchev–Trinajstić information content (AvgIpc) is 2.67. The number of halogens is 2. The van der Waals surface area contributed by atoms with Crippen molar-refractivity contribution in [3.8, 4) is 0 Å². The Hall–Kier alpha value is -2.67. The van der Waals surface area contributed by atoms with Crippen molar-refractivity contribution < 1.29 is 13.6 Å². The maximum atomic E-state index is 13.7. The molecule has 1 aliphatic heterocycles. The van der Waals surface area contributed by atoms with Gasteiger partial charge < -0.3 is 0 Å². The SMILES string of the molecule is O=C(NN=CC1CCN(Cc2c(F)cccc2F)CC1)c1ccccn1. The smallest absolute Gasteiger partial charge is 0.289 e. The molecule has 3 rings (SSSR count). The number of benzene rings is 1. The van der Waals surface area contributed by atoms with Crippen LogP contribution in [0, 0.1) is 17.6 Å². The molecule has 1 N–H and O–H groups in total. The molecule has 0 bridgehead atoms. The Morgan fingerprint density at radius 3 is 2.58 bits per heavy atom. The highest BCUT2D eigenvalue weighted by molar-refractivity contribution is 5.92. The number of amides is 1. The minimum atomic E-state index is -0.508. The summed E-state index contributed by atoms with van der Waals surface area (Å²) < 4.78 is 27.5. The zero-order chi connectivity index (χ0) is 18.4. The number of piperidine rings is 1. The number of carbonyl (C=O) groups excluding carboxylic acids is 1. The quantitative estimate of drug-likeness (QED) is 0.660. The van der Waals surface area contributed by atoms with E-state index in [1.807, 2.05) is 4.90 Å². The summed E-state index contributed by atoms with van der Waals surface area (Å²) in [6.45, 7) is 1.70. The monoisotopic (exact) mass is 358 g/mol. The van der Waals surface area contributed by atoms with E-state index in [2.05, 4.69) is 15.5 Å². The topological polar surface area (TPSA) is 57.6 Å². The number of nitrogens with zero attached hydrogens (tertiary/aromatic N) is 3. The van der Waals surface area contributed by atoms with E-state index in [0.29, 0.717) is 5.69 Å². The van der Waals surface area contributed by atoms with E-state index in [1.165, 1.54) is 18.2 Å². The summed E-state index contributed by atoms with van der Waals surface area (Å²) in [5, 5.41) is 4.01. The van der Waals surface area contributed by atoms with Crippen molar-refractivity contribution in [3.05, 3.63) is 65.5 Å². The molecule has 0 atom stereocenters. The molecule has 0 aliphatic carbocycles. The van der Waals surface area contributed by atoms with Gasteiger partial charge in [0, 0.05) is 24.5 Å². The van der Waals surface area contributed by atoms with Gasteiger partial charge in [0.25, 0.3) is 5.91 Å². The number of hydrazone groups is 1. The number of aromatic nitrogens is 1. The lowest BCUT2D eigenvalue weighted by molar-refractivity contribution is 0.0949. The molecule has 0 spiro atoms. The maximum absolute atomic E-state index is 13.7. The second-order valence-corrected chi connectivity index (χ2v) is 6.25. The molecule has 1 saturated heterocycles. The van der Waals surface area contributed by atoms with Crippen molar-refractivity contribution >= 4 is 12.1 Å². The fourth-order valence-electron chi connectivity index (χ4n) is 2.92. The fraction of sp³-hybridized carbons (Fsp3) is 0.316. The number of likely N-dealkylation sites (tertiary alicyclic amines) is 1. The fourth-order valence-corrected chi connectivity index (χ4v) is 2.92. The Balaban J connectivity index is 1.46. The van der Waals surface area contributed by atoms with Crippen LogP contribution in [0.25, 0.3) is 0 Å². The van der Waals surface area contributed by atoms with Gasteiger partial charge in [0.05, 0.1) is 0 Å². The van der Waals surface area contributed by atoms with Crippen molar-refractivity contribution in [2.45, 2.75) is 19.4 Å². The molecule has 1 aromatic heterocycles. The molecule has 2 heterocycles. The normalized spacial score (nSPS) is 16.1. The Morgan fingerprint density at radius 1 is 1.19 bits per heavy atom. The standard InChI is InChI=1S/C19H20F2N4O/c20-16-4-3-5-17(21)15(16)13-25-10-7-14(8-11-25)12-23-24-19(26)18-6-1-2-9-22-18/h1-6,9,12,14H,7-8,10-11,13H2,(H,24,26). The zero-order valence-corrected chi connectivity index (χ0v) is 14.2. The number of nitrogens with one attached hydrogen (secondary N) is 1. The predicted octanol–water partition coefficient (Wildman–Crippen LogP) is 2.99. The van der Waals surface area contributed by atoms with Gasteiger partial charge in [-0.25, -0.2) is 14.2 Å². The van der Waals surface area contributed by atoms with Crippen molar-refractivity contribution in [2.75, 3.05) is 13.1 Å². The van der Waals surface area contributed by atoms with Crippen molar-refractivity contribution in [1.82, 2.24) is 15.3 Å². The van der Waals surface area contributed by atoms with Crippen LogP contribution in [-0.4, -0.2) is 35.1 Å². The molecule has 5 nitrogen and oxygen atoms in total. The van der Waals surface area contributed by atoms with E-state index in [4.69, 9.17) is 0 Å². The Bertz CT molecular complexity index is 754. The molecule has 1 aliphatic rings. The summed E-state index contributed by atoms with van der Waals surface area (Å²) >= 11 is 0. The lowest BCUT2D eigenvalue weighted by atomic mass is 9.98. The third-order valence-corrected chi connectivity index (χ3v) is 4.42. The van der Waals surface area contributed by atoms with E-state index in [9.17, 15) is 13.6 Å². The van der Waals surface area contributed by atoms with Gasteiger partial charge in [0.15, 0.2) is 0 Å². The predicted molar refractivity (Wildman–Crippen MR) is 94.6 cm³/mol. The largest absolute Gasteiger partial charge is 0.299 e. The molecular weight excluding hydrogens is 338 g/mol. The van der Waals surface area contributed by atoms with Gasteiger partial charge in [-0.15, -0.1) is 0 Å². The number of hydrogen-bond donors (Lipinski definition) is 1. The highest BCUT2D eigenvalue weighted by Gasteiger charge is 2.20. The van der Waals surface area contributed by atoms with Crippen LogP contribution < -0.4 is 5.43 Å². The van der Waals surface area contributed by atoms with E-state index < -0.39 is 11.6 Å². The van der Waals surface area contributed by atoms with Crippen LogP contribution in [-0.2, 0) is 6.54 Å². The molecule has 1 amide bonds. The Morgan fingerprint density at radius 2 is 1.92 bits per heavy atom.